The molecule has 0 atom stereocenters. The lowest BCUT2D eigenvalue weighted by Crippen LogP contribution is -2.38. The van der Waals surface area contributed by atoms with Gasteiger partial charge in [-0.15, -0.1) is 0 Å². The zero-order valence-electron chi connectivity index (χ0n) is 16.6. The fraction of sp³-hybridized carbons (Fsp3) is 0.273. The van der Waals surface area contributed by atoms with Gasteiger partial charge in [0, 0.05) is 6.20 Å². The van der Waals surface area contributed by atoms with E-state index in [1.54, 1.807) is 30.1 Å². The highest BCUT2D eigenvalue weighted by Gasteiger charge is 2.34. The number of carbonyl (C=O) groups excluding carboxylic acids is 1. The second-order valence-electron chi connectivity index (χ2n) is 7.26. The van der Waals surface area contributed by atoms with Crippen LogP contribution in [-0.2, 0) is 5.41 Å². The van der Waals surface area contributed by atoms with Gasteiger partial charge in [0.05, 0.1) is 41.7 Å². The van der Waals surface area contributed by atoms with Gasteiger partial charge in [-0.3, -0.25) is 9.78 Å². The van der Waals surface area contributed by atoms with E-state index in [0.717, 1.165) is 42.9 Å². The third-order valence-electron chi connectivity index (χ3n) is 5.58. The van der Waals surface area contributed by atoms with Crippen LogP contribution in [0.2, 0.25) is 0 Å². The Labute approximate surface area is 174 Å². The number of hydrogen-bond donors (Lipinski definition) is 2. The zero-order chi connectivity index (χ0) is 21.1. The monoisotopic (exact) mass is 402 g/mol. The molecule has 4 rings (SSSR count). The Bertz CT molecular complexity index is 1110. The van der Waals surface area contributed by atoms with E-state index in [9.17, 15) is 10.1 Å². The molecule has 2 aromatic heterocycles. The topological polar surface area (TPSA) is 119 Å². The van der Waals surface area contributed by atoms with Crippen LogP contribution in [0.15, 0.2) is 48.8 Å². The number of nitriles is 1. The highest BCUT2D eigenvalue weighted by Crippen LogP contribution is 2.37. The van der Waals surface area contributed by atoms with Crippen molar-refractivity contribution < 1.29 is 9.53 Å². The summed E-state index contributed by atoms with van der Waals surface area (Å²) >= 11 is 0. The summed E-state index contributed by atoms with van der Waals surface area (Å²) in [5, 5.41) is 17.6. The van der Waals surface area contributed by atoms with E-state index in [2.05, 4.69) is 21.5 Å². The largest absolute Gasteiger partial charge is 0.494 e. The number of aromatic nitrogens is 3. The third-order valence-corrected chi connectivity index (χ3v) is 5.58. The molecule has 0 radical (unpaired) electrons. The minimum atomic E-state index is -0.524. The summed E-state index contributed by atoms with van der Waals surface area (Å²) in [5.74, 6) is 0.100. The molecule has 3 aromatic rings. The van der Waals surface area contributed by atoms with Crippen molar-refractivity contribution in [3.8, 4) is 28.9 Å². The lowest BCUT2D eigenvalue weighted by Gasteiger charge is -2.32. The molecule has 1 aliphatic heterocycles. The van der Waals surface area contributed by atoms with Gasteiger partial charge in [-0.05, 0) is 61.8 Å². The number of primary amides is 1. The van der Waals surface area contributed by atoms with Crippen LogP contribution in [0, 0.1) is 11.3 Å². The molecular formula is C22H22N6O2. The number of benzene rings is 1. The van der Waals surface area contributed by atoms with Gasteiger partial charge in [0.1, 0.15) is 11.4 Å². The predicted molar refractivity (Wildman–Crippen MR) is 111 cm³/mol. The second kappa shape index (κ2) is 7.97. The van der Waals surface area contributed by atoms with E-state index in [1.165, 1.54) is 6.20 Å². The summed E-state index contributed by atoms with van der Waals surface area (Å²) in [5.41, 5.74) is 8.21. The van der Waals surface area contributed by atoms with E-state index >= 15 is 0 Å². The van der Waals surface area contributed by atoms with Crippen LogP contribution in [0.4, 0.5) is 0 Å². The molecule has 0 saturated carbocycles. The number of nitrogens with one attached hydrogen (secondary N) is 1. The molecule has 1 aromatic carbocycles. The number of pyridine rings is 1. The number of rotatable bonds is 5. The molecule has 30 heavy (non-hydrogen) atoms. The molecule has 0 aliphatic carbocycles. The van der Waals surface area contributed by atoms with Gasteiger partial charge in [-0.25, -0.2) is 4.68 Å². The van der Waals surface area contributed by atoms with E-state index in [1.807, 2.05) is 24.3 Å². The van der Waals surface area contributed by atoms with Crippen molar-refractivity contribution in [3.05, 3.63) is 59.9 Å². The fourth-order valence-corrected chi connectivity index (χ4v) is 3.85. The number of carbonyl (C=O) groups is 1. The molecule has 1 amide bonds. The normalized spacial score (nSPS) is 15.3. The Balaban J connectivity index is 1.75. The number of methoxy groups -OCH3 is 1. The van der Waals surface area contributed by atoms with Gasteiger partial charge in [0.25, 0.3) is 0 Å². The minimum Gasteiger partial charge on any atom is -0.494 e. The first-order valence-electron chi connectivity index (χ1n) is 9.69. The van der Waals surface area contributed by atoms with Crippen LogP contribution in [0.1, 0.15) is 28.8 Å². The Morgan fingerprint density at radius 1 is 1.27 bits per heavy atom. The molecule has 1 aliphatic rings. The molecule has 0 spiro atoms. The average Bonchev–Trinajstić information content (AvgIpc) is 3.28. The second-order valence-corrected chi connectivity index (χ2v) is 7.26. The molecule has 3 N–H and O–H groups in total. The van der Waals surface area contributed by atoms with Crippen molar-refractivity contribution in [2.24, 2.45) is 5.73 Å². The molecule has 8 nitrogen and oxygen atoms in total. The number of nitrogens with two attached hydrogens (primary N) is 1. The average molecular weight is 402 g/mol. The quantitative estimate of drug-likeness (QED) is 0.675. The zero-order valence-corrected chi connectivity index (χ0v) is 16.6. The number of ether oxygens (including phenoxy) is 1. The maximum absolute atomic E-state index is 11.3. The summed E-state index contributed by atoms with van der Waals surface area (Å²) in [7, 11) is 1.60. The standard InChI is InChI=1S/C22H22N6O2/c1-30-20-12-16(22(14-23)7-10-25-11-8-22)3-5-19(20)28-18(6-9-27-28)17-4-2-15(13-26-17)21(24)29/h2-6,9,12-13,25H,7-8,10-11H2,1H3,(H2,24,29). The van der Waals surface area contributed by atoms with Crippen LogP contribution in [-0.4, -0.2) is 40.9 Å². The van der Waals surface area contributed by atoms with Gasteiger partial charge in [-0.1, -0.05) is 6.07 Å². The maximum Gasteiger partial charge on any atom is 0.250 e. The Morgan fingerprint density at radius 3 is 2.70 bits per heavy atom. The molecule has 0 bridgehead atoms. The van der Waals surface area contributed by atoms with Crippen LogP contribution < -0.4 is 15.8 Å². The van der Waals surface area contributed by atoms with Crippen molar-refractivity contribution in [1.29, 1.82) is 5.26 Å². The van der Waals surface area contributed by atoms with Crippen LogP contribution >= 0.6 is 0 Å². The molecule has 8 heteroatoms. The van der Waals surface area contributed by atoms with Crippen molar-refractivity contribution >= 4 is 5.91 Å². The molecule has 1 fully saturated rings. The SMILES string of the molecule is COc1cc(C2(C#N)CCNCC2)ccc1-n1nccc1-c1ccc(C(N)=O)cn1. The lowest BCUT2D eigenvalue weighted by molar-refractivity contribution is 0.1000. The Hall–Kier alpha value is -3.70. The van der Waals surface area contributed by atoms with Gasteiger partial charge in [0.2, 0.25) is 5.91 Å². The summed E-state index contributed by atoms with van der Waals surface area (Å²) in [6, 6.07) is 13.6. The number of hydrogen-bond acceptors (Lipinski definition) is 6. The summed E-state index contributed by atoms with van der Waals surface area (Å²) in [6.07, 6.45) is 4.64. The molecule has 1 saturated heterocycles. The van der Waals surface area contributed by atoms with Crippen molar-refractivity contribution in [1.82, 2.24) is 20.1 Å². The molecule has 152 valence electrons. The van der Waals surface area contributed by atoms with Gasteiger partial charge < -0.3 is 15.8 Å². The first kappa shape index (κ1) is 19.6. The first-order valence-corrected chi connectivity index (χ1v) is 9.69. The highest BCUT2D eigenvalue weighted by atomic mass is 16.5. The predicted octanol–water partition coefficient (Wildman–Crippen LogP) is 2.19. The third kappa shape index (κ3) is 3.40. The molecule has 3 heterocycles. The van der Waals surface area contributed by atoms with Gasteiger partial charge >= 0.3 is 0 Å². The summed E-state index contributed by atoms with van der Waals surface area (Å²) < 4.78 is 7.40. The van der Waals surface area contributed by atoms with Crippen LogP contribution in [0.5, 0.6) is 5.75 Å². The van der Waals surface area contributed by atoms with E-state index in [-0.39, 0.29) is 0 Å². The van der Waals surface area contributed by atoms with Crippen molar-refractivity contribution in [3.63, 3.8) is 0 Å². The number of amides is 1. The van der Waals surface area contributed by atoms with Gasteiger partial charge in [0.15, 0.2) is 0 Å². The number of nitrogens with zero attached hydrogens (tertiary/aromatic N) is 4. The van der Waals surface area contributed by atoms with Crippen molar-refractivity contribution in [2.75, 3.05) is 20.2 Å². The van der Waals surface area contributed by atoms with Crippen molar-refractivity contribution in [2.45, 2.75) is 18.3 Å². The van der Waals surface area contributed by atoms with E-state index in [4.69, 9.17) is 10.5 Å². The summed E-state index contributed by atoms with van der Waals surface area (Å²) in [6.45, 7) is 1.63. The Kier molecular flexibility index (Phi) is 5.21. The first-order chi connectivity index (χ1) is 14.6. The highest BCUT2D eigenvalue weighted by molar-refractivity contribution is 5.92. The van der Waals surface area contributed by atoms with Crippen LogP contribution in [0.25, 0.3) is 17.1 Å². The molecule has 0 unspecified atom stereocenters. The molecular weight excluding hydrogens is 380 g/mol. The van der Waals surface area contributed by atoms with E-state index < -0.39 is 11.3 Å². The van der Waals surface area contributed by atoms with Crippen LogP contribution in [0.3, 0.4) is 0 Å². The maximum atomic E-state index is 11.3. The Morgan fingerprint density at radius 2 is 2.07 bits per heavy atom. The van der Waals surface area contributed by atoms with E-state index in [0.29, 0.717) is 17.0 Å². The summed E-state index contributed by atoms with van der Waals surface area (Å²) in [4.78, 5) is 15.7. The van der Waals surface area contributed by atoms with Gasteiger partial charge in [-0.2, -0.15) is 10.4 Å². The minimum absolute atomic E-state index is 0.343. The lowest BCUT2D eigenvalue weighted by atomic mass is 9.74. The smallest absolute Gasteiger partial charge is 0.250 e. The fourth-order valence-electron chi connectivity index (χ4n) is 3.85. The number of piperidine rings is 1.